The van der Waals surface area contributed by atoms with Crippen molar-refractivity contribution in [2.75, 3.05) is 0 Å². The van der Waals surface area contributed by atoms with Crippen LogP contribution in [0.2, 0.25) is 0 Å². The van der Waals surface area contributed by atoms with Gasteiger partial charge in [-0.25, -0.2) is 0 Å². The average Bonchev–Trinajstić information content (AvgIpc) is 2.19. The van der Waals surface area contributed by atoms with Gasteiger partial charge in [0.25, 0.3) is 0 Å². The third kappa shape index (κ3) is 3.69. The molecule has 13 heavy (non-hydrogen) atoms. The van der Waals surface area contributed by atoms with E-state index >= 15 is 0 Å². The van der Waals surface area contributed by atoms with E-state index < -0.39 is 0 Å². The molecule has 1 rings (SSSR count). The number of rotatable bonds is 5. The topological polar surface area (TPSA) is 0 Å². The number of hydrogen-bond acceptors (Lipinski definition) is 1. The van der Waals surface area contributed by atoms with Crippen molar-refractivity contribution in [3.05, 3.63) is 43.0 Å². The van der Waals surface area contributed by atoms with E-state index in [0.29, 0.717) is 5.25 Å². The second kappa shape index (κ2) is 5.87. The van der Waals surface area contributed by atoms with Crippen molar-refractivity contribution in [1.29, 1.82) is 0 Å². The first-order chi connectivity index (χ1) is 6.36. The maximum Gasteiger partial charge on any atom is 0.0271 e. The van der Waals surface area contributed by atoms with Gasteiger partial charge in [0.05, 0.1) is 0 Å². The zero-order valence-corrected chi connectivity index (χ0v) is 8.89. The fourth-order valence-electron chi connectivity index (χ4n) is 1.18. The molecule has 1 aromatic rings. The van der Waals surface area contributed by atoms with Gasteiger partial charge in [-0.2, -0.15) is 0 Å². The molecule has 0 fully saturated rings. The van der Waals surface area contributed by atoms with Gasteiger partial charge < -0.3 is 0 Å². The lowest BCUT2D eigenvalue weighted by molar-refractivity contribution is 0.828. The minimum atomic E-state index is 0.562. The van der Waals surface area contributed by atoms with E-state index in [1.807, 2.05) is 23.9 Å². The first-order valence-electron chi connectivity index (χ1n) is 4.71. The van der Waals surface area contributed by atoms with Crippen molar-refractivity contribution < 1.29 is 0 Å². The Balaban J connectivity index is 2.51. The minimum Gasteiger partial charge on any atom is -0.119 e. The number of hydrogen-bond donors (Lipinski definition) is 0. The molecule has 1 heteroatoms. The van der Waals surface area contributed by atoms with Crippen LogP contribution in [0.5, 0.6) is 0 Å². The molecular formula is C12H16S. The molecule has 0 heterocycles. The van der Waals surface area contributed by atoms with Gasteiger partial charge in [-0.05, 0) is 18.6 Å². The summed E-state index contributed by atoms with van der Waals surface area (Å²) in [7, 11) is 0. The van der Waals surface area contributed by atoms with E-state index in [1.54, 1.807) is 0 Å². The molecule has 0 radical (unpaired) electrons. The summed E-state index contributed by atoms with van der Waals surface area (Å²) in [6.07, 6.45) is 4.47. The van der Waals surface area contributed by atoms with Gasteiger partial charge in [0, 0.05) is 10.1 Å². The summed E-state index contributed by atoms with van der Waals surface area (Å²) in [5, 5.41) is 0.562. The van der Waals surface area contributed by atoms with Crippen molar-refractivity contribution in [2.45, 2.75) is 29.9 Å². The van der Waals surface area contributed by atoms with Gasteiger partial charge >= 0.3 is 0 Å². The molecule has 0 unspecified atom stereocenters. The smallest absolute Gasteiger partial charge is 0.0271 e. The lowest BCUT2D eigenvalue weighted by Gasteiger charge is -2.09. The second-order valence-corrected chi connectivity index (χ2v) is 4.31. The molecule has 0 N–H and O–H groups in total. The highest BCUT2D eigenvalue weighted by Gasteiger charge is 2.03. The highest BCUT2D eigenvalue weighted by atomic mass is 32.2. The van der Waals surface area contributed by atoms with Crippen LogP contribution in [-0.4, -0.2) is 5.25 Å². The van der Waals surface area contributed by atoms with Crippen LogP contribution >= 0.6 is 11.8 Å². The number of benzene rings is 1. The van der Waals surface area contributed by atoms with Crippen molar-refractivity contribution in [3.8, 4) is 0 Å². The Morgan fingerprint density at radius 2 is 2.08 bits per heavy atom. The molecule has 0 aromatic heterocycles. The molecule has 70 valence electrons. The molecule has 0 aliphatic heterocycles. The predicted molar refractivity (Wildman–Crippen MR) is 61.2 cm³/mol. The lowest BCUT2D eigenvalue weighted by Crippen LogP contribution is -1.95. The predicted octanol–water partition coefficient (Wildman–Crippen LogP) is 4.13. The summed E-state index contributed by atoms with van der Waals surface area (Å²) in [5.41, 5.74) is 0. The fraction of sp³-hybridized carbons (Fsp3) is 0.333. The molecule has 1 aromatic carbocycles. The first kappa shape index (κ1) is 10.4. The Kier molecular flexibility index (Phi) is 4.69. The van der Waals surface area contributed by atoms with E-state index in [9.17, 15) is 0 Å². The normalized spacial score (nSPS) is 12.4. The Bertz CT molecular complexity index is 241. The van der Waals surface area contributed by atoms with Gasteiger partial charge in [0.1, 0.15) is 0 Å². The Morgan fingerprint density at radius 3 is 2.62 bits per heavy atom. The average molecular weight is 192 g/mol. The molecule has 0 amide bonds. The van der Waals surface area contributed by atoms with Gasteiger partial charge in [-0.3, -0.25) is 0 Å². The lowest BCUT2D eigenvalue weighted by atomic mass is 10.2. The molecular weight excluding hydrogens is 176 g/mol. The third-order valence-corrected chi connectivity index (χ3v) is 3.14. The van der Waals surface area contributed by atoms with Crippen molar-refractivity contribution in [3.63, 3.8) is 0 Å². The van der Waals surface area contributed by atoms with Crippen molar-refractivity contribution in [2.24, 2.45) is 0 Å². The molecule has 0 saturated carbocycles. The molecule has 1 atom stereocenters. The van der Waals surface area contributed by atoms with Crippen LogP contribution in [0.15, 0.2) is 47.9 Å². The quantitative estimate of drug-likeness (QED) is 0.499. The van der Waals surface area contributed by atoms with Crippen LogP contribution in [0.25, 0.3) is 0 Å². The van der Waals surface area contributed by atoms with Gasteiger partial charge in [-0.1, -0.05) is 37.6 Å². The molecule has 0 spiro atoms. The van der Waals surface area contributed by atoms with Crippen LogP contribution in [0, 0.1) is 0 Å². The molecule has 0 aliphatic rings. The van der Waals surface area contributed by atoms with Crippen LogP contribution < -0.4 is 0 Å². The van der Waals surface area contributed by atoms with E-state index in [4.69, 9.17) is 0 Å². The zero-order chi connectivity index (χ0) is 9.52. The van der Waals surface area contributed by atoms with E-state index in [2.05, 4.69) is 37.8 Å². The Morgan fingerprint density at radius 1 is 1.38 bits per heavy atom. The summed E-state index contributed by atoms with van der Waals surface area (Å²) in [6.45, 7) is 6.07. The third-order valence-electron chi connectivity index (χ3n) is 1.87. The number of thioether (sulfide) groups is 1. The Hall–Kier alpha value is -0.690. The summed E-state index contributed by atoms with van der Waals surface area (Å²) in [6, 6.07) is 10.5. The highest BCUT2D eigenvalue weighted by molar-refractivity contribution is 8.00. The summed E-state index contributed by atoms with van der Waals surface area (Å²) < 4.78 is 0. The van der Waals surface area contributed by atoms with Gasteiger partial charge in [0.15, 0.2) is 0 Å². The van der Waals surface area contributed by atoms with Crippen molar-refractivity contribution >= 4 is 11.8 Å². The summed E-state index contributed by atoms with van der Waals surface area (Å²) >= 11 is 1.90. The summed E-state index contributed by atoms with van der Waals surface area (Å²) in [5.74, 6) is 0. The maximum atomic E-state index is 3.85. The molecule has 0 nitrogen and oxygen atoms in total. The van der Waals surface area contributed by atoms with Gasteiger partial charge in [0.2, 0.25) is 0 Å². The van der Waals surface area contributed by atoms with E-state index in [1.165, 1.54) is 17.7 Å². The minimum absolute atomic E-state index is 0.562. The molecule has 0 aliphatic carbocycles. The zero-order valence-electron chi connectivity index (χ0n) is 8.07. The first-order valence-corrected chi connectivity index (χ1v) is 5.59. The van der Waals surface area contributed by atoms with Gasteiger partial charge in [-0.15, -0.1) is 18.3 Å². The second-order valence-electron chi connectivity index (χ2n) is 2.99. The monoisotopic (exact) mass is 192 g/mol. The largest absolute Gasteiger partial charge is 0.119 e. The molecule has 0 bridgehead atoms. The summed E-state index contributed by atoms with van der Waals surface area (Å²) in [4.78, 5) is 1.33. The van der Waals surface area contributed by atoms with Crippen LogP contribution in [0.3, 0.4) is 0 Å². The SMILES string of the molecule is C=C[C@@H](CCC)Sc1ccccc1. The van der Waals surface area contributed by atoms with Crippen LogP contribution in [-0.2, 0) is 0 Å². The van der Waals surface area contributed by atoms with E-state index in [0.717, 1.165) is 0 Å². The highest BCUT2D eigenvalue weighted by Crippen LogP contribution is 2.26. The maximum absolute atomic E-state index is 3.85. The van der Waals surface area contributed by atoms with Crippen LogP contribution in [0.1, 0.15) is 19.8 Å². The van der Waals surface area contributed by atoms with Crippen LogP contribution in [0.4, 0.5) is 0 Å². The molecule has 0 saturated heterocycles. The fourth-order valence-corrected chi connectivity index (χ4v) is 2.30. The standard InChI is InChI=1S/C12H16S/c1-3-8-11(4-2)13-12-9-6-5-7-10-12/h4-7,9-11H,2-3,8H2,1H3/t11-/m0/s1. The van der Waals surface area contributed by atoms with Crippen molar-refractivity contribution in [1.82, 2.24) is 0 Å². The van der Waals surface area contributed by atoms with E-state index in [-0.39, 0.29) is 0 Å². The Labute approximate surface area is 85.1 Å².